The molecule has 2 aromatic rings. The van der Waals surface area contributed by atoms with E-state index >= 15 is 0 Å². The minimum atomic E-state index is -0.0667. The van der Waals surface area contributed by atoms with Crippen molar-refractivity contribution in [3.8, 4) is 0 Å². The lowest BCUT2D eigenvalue weighted by atomic mass is 10.1. The SMILES string of the molecule is CN=C(NCCc1cccc(C(=O)NC)c1)NCC(c1ccccc1)N(C)C.I. The summed E-state index contributed by atoms with van der Waals surface area (Å²) in [5.41, 5.74) is 3.06. The van der Waals surface area contributed by atoms with E-state index in [1.165, 1.54) is 5.56 Å². The quantitative estimate of drug-likeness (QED) is 0.291. The fourth-order valence-corrected chi connectivity index (χ4v) is 3.03. The molecule has 0 aromatic heterocycles. The maximum Gasteiger partial charge on any atom is 0.251 e. The lowest BCUT2D eigenvalue weighted by molar-refractivity contribution is 0.0963. The van der Waals surface area contributed by atoms with E-state index in [-0.39, 0.29) is 35.9 Å². The van der Waals surface area contributed by atoms with E-state index in [1.807, 2.05) is 30.3 Å². The van der Waals surface area contributed by atoms with Crippen molar-refractivity contribution in [2.75, 3.05) is 41.3 Å². The minimum absolute atomic E-state index is 0. The van der Waals surface area contributed by atoms with Crippen LogP contribution in [0.2, 0.25) is 0 Å². The van der Waals surface area contributed by atoms with E-state index in [4.69, 9.17) is 0 Å². The highest BCUT2D eigenvalue weighted by Crippen LogP contribution is 2.16. The van der Waals surface area contributed by atoms with Crippen molar-refractivity contribution in [2.24, 2.45) is 4.99 Å². The Kier molecular flexibility index (Phi) is 11.3. The summed E-state index contributed by atoms with van der Waals surface area (Å²) in [5.74, 6) is 0.702. The van der Waals surface area contributed by atoms with Crippen LogP contribution in [0, 0.1) is 0 Å². The van der Waals surface area contributed by atoms with Gasteiger partial charge >= 0.3 is 0 Å². The molecule has 2 rings (SSSR count). The number of halogens is 1. The number of nitrogens with one attached hydrogen (secondary N) is 3. The largest absolute Gasteiger partial charge is 0.356 e. The van der Waals surface area contributed by atoms with Crippen LogP contribution in [-0.4, -0.2) is 58.0 Å². The third-order valence-electron chi connectivity index (χ3n) is 4.62. The van der Waals surface area contributed by atoms with Gasteiger partial charge in [-0.15, -0.1) is 24.0 Å². The Morgan fingerprint density at radius 1 is 1.07 bits per heavy atom. The van der Waals surface area contributed by atoms with Crippen LogP contribution < -0.4 is 16.0 Å². The van der Waals surface area contributed by atoms with E-state index in [0.29, 0.717) is 5.56 Å². The van der Waals surface area contributed by atoms with Crippen LogP contribution in [0.3, 0.4) is 0 Å². The summed E-state index contributed by atoms with van der Waals surface area (Å²) in [6, 6.07) is 18.4. The van der Waals surface area contributed by atoms with Gasteiger partial charge in [0, 0.05) is 32.7 Å². The number of carbonyl (C=O) groups is 1. The second kappa shape index (κ2) is 13.2. The first-order valence-electron chi connectivity index (χ1n) is 9.52. The normalized spacial score (nSPS) is 12.1. The number of carbonyl (C=O) groups excluding carboxylic acids is 1. The zero-order valence-corrected chi connectivity index (χ0v) is 19.9. The first kappa shape index (κ1) is 24.9. The Balaban J connectivity index is 0.00000420. The standard InChI is InChI=1S/C22H31N5O.HI/c1-23-21(28)19-12-8-9-17(15-19)13-14-25-22(24-2)26-16-20(27(3)4)18-10-6-5-7-11-18;/h5-12,15,20H,13-14,16H2,1-4H3,(H,23,28)(H2,24,25,26);1H. The van der Waals surface area contributed by atoms with Crippen molar-refractivity contribution in [3.05, 3.63) is 71.3 Å². The molecule has 1 unspecified atom stereocenters. The second-order valence-electron chi connectivity index (χ2n) is 6.80. The van der Waals surface area contributed by atoms with Crippen LogP contribution in [0.5, 0.6) is 0 Å². The van der Waals surface area contributed by atoms with Gasteiger partial charge in [-0.2, -0.15) is 0 Å². The number of aliphatic imine (C=N–C) groups is 1. The lowest BCUT2D eigenvalue weighted by Crippen LogP contribution is -2.42. The summed E-state index contributed by atoms with van der Waals surface area (Å²) in [6.45, 7) is 1.48. The predicted molar refractivity (Wildman–Crippen MR) is 131 cm³/mol. The van der Waals surface area contributed by atoms with Gasteiger partial charge in [0.1, 0.15) is 0 Å². The van der Waals surface area contributed by atoms with Gasteiger partial charge < -0.3 is 20.9 Å². The van der Waals surface area contributed by atoms with Crippen molar-refractivity contribution >= 4 is 35.8 Å². The second-order valence-corrected chi connectivity index (χ2v) is 6.80. The number of benzene rings is 2. The van der Waals surface area contributed by atoms with Crippen LogP contribution >= 0.6 is 24.0 Å². The number of hydrogen-bond donors (Lipinski definition) is 3. The molecule has 0 saturated carbocycles. The zero-order valence-electron chi connectivity index (χ0n) is 17.6. The predicted octanol–water partition coefficient (Wildman–Crippen LogP) is 2.67. The van der Waals surface area contributed by atoms with Crippen LogP contribution in [0.15, 0.2) is 59.6 Å². The summed E-state index contributed by atoms with van der Waals surface area (Å²) in [4.78, 5) is 18.3. The molecule has 0 aliphatic heterocycles. The number of amides is 1. The highest BCUT2D eigenvalue weighted by molar-refractivity contribution is 14.0. The van der Waals surface area contributed by atoms with Crippen LogP contribution in [0.4, 0.5) is 0 Å². The molecule has 0 bridgehead atoms. The van der Waals surface area contributed by atoms with Gasteiger partial charge in [0.05, 0.1) is 6.04 Å². The fraction of sp³-hybridized carbons (Fsp3) is 0.364. The van der Waals surface area contributed by atoms with Crippen molar-refractivity contribution < 1.29 is 4.79 Å². The van der Waals surface area contributed by atoms with E-state index < -0.39 is 0 Å². The molecule has 0 saturated heterocycles. The van der Waals surface area contributed by atoms with E-state index in [1.54, 1.807) is 14.1 Å². The van der Waals surface area contributed by atoms with Crippen LogP contribution in [0.1, 0.15) is 27.5 Å². The molecule has 0 aliphatic carbocycles. The van der Waals surface area contributed by atoms with Crippen molar-refractivity contribution in [3.63, 3.8) is 0 Å². The van der Waals surface area contributed by atoms with E-state index in [0.717, 1.165) is 31.0 Å². The number of guanidine groups is 1. The van der Waals surface area contributed by atoms with Crippen molar-refractivity contribution in [2.45, 2.75) is 12.5 Å². The maximum atomic E-state index is 11.8. The number of rotatable bonds is 8. The molecule has 2 aromatic carbocycles. The Bertz CT molecular complexity index is 780. The molecular weight excluding hydrogens is 477 g/mol. The summed E-state index contributed by atoms with van der Waals surface area (Å²) < 4.78 is 0. The zero-order chi connectivity index (χ0) is 20.4. The van der Waals surface area contributed by atoms with Gasteiger partial charge in [-0.1, -0.05) is 42.5 Å². The molecule has 0 fully saturated rings. The molecule has 0 spiro atoms. The van der Waals surface area contributed by atoms with Gasteiger partial charge in [-0.05, 0) is 43.8 Å². The van der Waals surface area contributed by atoms with Gasteiger partial charge in [0.25, 0.3) is 5.91 Å². The molecule has 0 aliphatic rings. The summed E-state index contributed by atoms with van der Waals surface area (Å²) in [7, 11) is 7.57. The first-order chi connectivity index (χ1) is 13.5. The number of hydrogen-bond acceptors (Lipinski definition) is 3. The molecule has 7 heteroatoms. The smallest absolute Gasteiger partial charge is 0.251 e. The lowest BCUT2D eigenvalue weighted by Gasteiger charge is -2.26. The van der Waals surface area contributed by atoms with E-state index in [2.05, 4.69) is 64.2 Å². The third-order valence-corrected chi connectivity index (χ3v) is 4.62. The Morgan fingerprint density at radius 2 is 1.79 bits per heavy atom. The van der Waals surface area contributed by atoms with Gasteiger partial charge in [0.15, 0.2) is 5.96 Å². The Hall–Kier alpha value is -2.13. The summed E-state index contributed by atoms with van der Waals surface area (Å²) in [5, 5.41) is 9.41. The molecule has 6 nitrogen and oxygen atoms in total. The average Bonchev–Trinajstić information content (AvgIpc) is 2.72. The number of nitrogens with zero attached hydrogens (tertiary/aromatic N) is 2. The molecule has 158 valence electrons. The molecule has 29 heavy (non-hydrogen) atoms. The third kappa shape index (κ3) is 8.02. The van der Waals surface area contributed by atoms with Crippen molar-refractivity contribution in [1.82, 2.24) is 20.9 Å². The first-order valence-corrected chi connectivity index (χ1v) is 9.52. The fourth-order valence-electron chi connectivity index (χ4n) is 3.03. The van der Waals surface area contributed by atoms with Crippen LogP contribution in [0.25, 0.3) is 0 Å². The van der Waals surface area contributed by atoms with Gasteiger partial charge in [0.2, 0.25) is 0 Å². The Morgan fingerprint density at radius 3 is 2.41 bits per heavy atom. The van der Waals surface area contributed by atoms with Gasteiger partial charge in [-0.3, -0.25) is 9.79 Å². The van der Waals surface area contributed by atoms with Crippen molar-refractivity contribution in [1.29, 1.82) is 0 Å². The molecule has 0 heterocycles. The topological polar surface area (TPSA) is 68.8 Å². The summed E-state index contributed by atoms with van der Waals surface area (Å²) >= 11 is 0. The molecule has 0 radical (unpaired) electrons. The summed E-state index contributed by atoms with van der Waals surface area (Å²) in [6.07, 6.45) is 0.807. The number of likely N-dealkylation sites (N-methyl/N-ethyl adjacent to an activating group) is 1. The highest BCUT2D eigenvalue weighted by atomic mass is 127. The van der Waals surface area contributed by atoms with Crippen LogP contribution in [-0.2, 0) is 6.42 Å². The minimum Gasteiger partial charge on any atom is -0.356 e. The molecule has 1 atom stereocenters. The highest BCUT2D eigenvalue weighted by Gasteiger charge is 2.14. The molecule has 3 N–H and O–H groups in total. The molecule has 1 amide bonds. The average molecular weight is 509 g/mol. The molecular formula is C22H32IN5O. The van der Waals surface area contributed by atoms with E-state index in [9.17, 15) is 4.79 Å². The monoisotopic (exact) mass is 509 g/mol. The van der Waals surface area contributed by atoms with Gasteiger partial charge in [-0.25, -0.2) is 0 Å². The maximum absolute atomic E-state index is 11.8. The Labute approximate surface area is 191 Å².